The fourth-order valence-corrected chi connectivity index (χ4v) is 2.61. The number of amides is 1. The van der Waals surface area contributed by atoms with Gasteiger partial charge in [-0.3, -0.25) is 4.79 Å². The number of rotatable bonds is 4. The van der Waals surface area contributed by atoms with Crippen molar-refractivity contribution < 1.29 is 18.7 Å². The lowest BCUT2D eigenvalue weighted by Gasteiger charge is -2.23. The lowest BCUT2D eigenvalue weighted by atomic mass is 9.98. The van der Waals surface area contributed by atoms with E-state index in [4.69, 9.17) is 13.9 Å². The maximum Gasteiger partial charge on any atom is 0.287 e. The van der Waals surface area contributed by atoms with Crippen LogP contribution in [0.4, 0.5) is 0 Å². The zero-order valence-corrected chi connectivity index (χ0v) is 12.7. The lowest BCUT2D eigenvalue weighted by Crippen LogP contribution is -2.27. The number of benzene rings is 1. The van der Waals surface area contributed by atoms with Crippen molar-refractivity contribution in [2.24, 2.45) is 0 Å². The molecule has 1 aliphatic rings. The molecule has 1 atom stereocenters. The molecule has 2 heterocycles. The molecule has 5 nitrogen and oxygen atoms in total. The zero-order valence-electron chi connectivity index (χ0n) is 12.7. The first-order valence-electron chi connectivity index (χ1n) is 7.45. The van der Waals surface area contributed by atoms with Crippen LogP contribution >= 0.6 is 0 Å². The minimum absolute atomic E-state index is 0.150. The number of nitrogens with one attached hydrogen (secondary N) is 1. The van der Waals surface area contributed by atoms with Gasteiger partial charge in [0, 0.05) is 0 Å². The molecule has 1 aromatic carbocycles. The van der Waals surface area contributed by atoms with E-state index in [1.165, 1.54) is 6.26 Å². The summed E-state index contributed by atoms with van der Waals surface area (Å²) in [5.74, 6) is 1.59. The van der Waals surface area contributed by atoms with Gasteiger partial charge >= 0.3 is 0 Å². The molecule has 0 bridgehead atoms. The van der Waals surface area contributed by atoms with E-state index in [-0.39, 0.29) is 11.9 Å². The van der Waals surface area contributed by atoms with Crippen LogP contribution in [0, 0.1) is 0 Å². The van der Waals surface area contributed by atoms with Crippen molar-refractivity contribution in [1.82, 2.24) is 5.32 Å². The molecule has 22 heavy (non-hydrogen) atoms. The Morgan fingerprint density at radius 2 is 2.00 bits per heavy atom. The van der Waals surface area contributed by atoms with E-state index in [1.807, 2.05) is 19.1 Å². The molecular formula is C17H19NO4. The number of furan rings is 1. The van der Waals surface area contributed by atoms with Crippen molar-refractivity contribution in [1.29, 1.82) is 0 Å². The van der Waals surface area contributed by atoms with Gasteiger partial charge in [-0.15, -0.1) is 0 Å². The van der Waals surface area contributed by atoms with E-state index in [2.05, 4.69) is 12.2 Å². The predicted molar refractivity (Wildman–Crippen MR) is 81.4 cm³/mol. The molecule has 1 aliphatic heterocycles. The van der Waals surface area contributed by atoms with Crippen molar-refractivity contribution in [2.45, 2.75) is 26.3 Å². The Labute approximate surface area is 129 Å². The molecular weight excluding hydrogens is 282 g/mol. The summed E-state index contributed by atoms with van der Waals surface area (Å²) >= 11 is 0. The SMILES string of the molecule is CCc1cc2c(cc1[C@@H](C)NC(=O)c1ccco1)OCCO2. The monoisotopic (exact) mass is 301 g/mol. The highest BCUT2D eigenvalue weighted by Crippen LogP contribution is 2.35. The Kier molecular flexibility index (Phi) is 4.04. The van der Waals surface area contributed by atoms with Crippen molar-refractivity contribution in [3.05, 3.63) is 47.4 Å². The van der Waals surface area contributed by atoms with Gasteiger partial charge in [-0.2, -0.15) is 0 Å². The third-order valence-corrected chi connectivity index (χ3v) is 3.74. The van der Waals surface area contributed by atoms with Gasteiger partial charge in [0.15, 0.2) is 17.3 Å². The first-order chi connectivity index (χ1) is 10.7. The second kappa shape index (κ2) is 6.13. The molecule has 0 radical (unpaired) electrons. The Hall–Kier alpha value is -2.43. The number of fused-ring (bicyclic) bond motifs is 1. The Balaban J connectivity index is 1.84. The Morgan fingerprint density at radius 3 is 2.64 bits per heavy atom. The summed E-state index contributed by atoms with van der Waals surface area (Å²) in [4.78, 5) is 12.1. The van der Waals surface area contributed by atoms with Gasteiger partial charge in [0.25, 0.3) is 5.91 Å². The molecule has 0 saturated heterocycles. The molecule has 1 aromatic heterocycles. The van der Waals surface area contributed by atoms with Crippen LogP contribution in [-0.2, 0) is 6.42 Å². The van der Waals surface area contributed by atoms with Gasteiger partial charge in [0.1, 0.15) is 13.2 Å². The highest BCUT2D eigenvalue weighted by molar-refractivity contribution is 5.91. The van der Waals surface area contributed by atoms with E-state index < -0.39 is 0 Å². The largest absolute Gasteiger partial charge is 0.486 e. The number of aryl methyl sites for hydroxylation is 1. The minimum Gasteiger partial charge on any atom is -0.486 e. The molecule has 2 aromatic rings. The normalized spacial score (nSPS) is 14.5. The number of carbonyl (C=O) groups excluding carboxylic acids is 1. The maximum atomic E-state index is 12.1. The minimum atomic E-state index is -0.227. The van der Waals surface area contributed by atoms with Gasteiger partial charge in [0.05, 0.1) is 12.3 Å². The van der Waals surface area contributed by atoms with E-state index in [1.54, 1.807) is 12.1 Å². The fourth-order valence-electron chi connectivity index (χ4n) is 2.61. The van der Waals surface area contributed by atoms with Gasteiger partial charge < -0.3 is 19.2 Å². The lowest BCUT2D eigenvalue weighted by molar-refractivity contribution is 0.0911. The molecule has 116 valence electrons. The topological polar surface area (TPSA) is 60.7 Å². The van der Waals surface area contributed by atoms with Crippen molar-refractivity contribution in [2.75, 3.05) is 13.2 Å². The molecule has 1 amide bonds. The first kappa shape index (κ1) is 14.5. The van der Waals surface area contributed by atoms with Gasteiger partial charge in [-0.25, -0.2) is 0 Å². The average Bonchev–Trinajstić information content (AvgIpc) is 3.08. The van der Waals surface area contributed by atoms with Crippen LogP contribution in [-0.4, -0.2) is 19.1 Å². The average molecular weight is 301 g/mol. The van der Waals surface area contributed by atoms with E-state index in [9.17, 15) is 4.79 Å². The van der Waals surface area contributed by atoms with Crippen molar-refractivity contribution in [3.63, 3.8) is 0 Å². The highest BCUT2D eigenvalue weighted by Gasteiger charge is 2.20. The van der Waals surface area contributed by atoms with Crippen LogP contribution < -0.4 is 14.8 Å². The van der Waals surface area contributed by atoms with Gasteiger partial charge in [-0.1, -0.05) is 6.92 Å². The Morgan fingerprint density at radius 1 is 1.27 bits per heavy atom. The third-order valence-electron chi connectivity index (χ3n) is 3.74. The smallest absolute Gasteiger partial charge is 0.287 e. The van der Waals surface area contributed by atoms with Crippen molar-refractivity contribution in [3.8, 4) is 11.5 Å². The molecule has 0 saturated carbocycles. The predicted octanol–water partition coefficient (Wildman–Crippen LogP) is 3.10. The molecule has 5 heteroatoms. The molecule has 0 fully saturated rings. The number of carbonyl (C=O) groups is 1. The fraction of sp³-hybridized carbons (Fsp3) is 0.353. The second-order valence-electron chi connectivity index (χ2n) is 5.22. The Bertz CT molecular complexity index is 664. The molecule has 1 N–H and O–H groups in total. The molecule has 0 spiro atoms. The van der Waals surface area contributed by atoms with E-state index >= 15 is 0 Å². The number of hydrogen-bond acceptors (Lipinski definition) is 4. The summed E-state index contributed by atoms with van der Waals surface area (Å²) in [5, 5.41) is 2.95. The standard InChI is InChI=1S/C17H19NO4/c1-3-12-9-15-16(22-8-7-21-15)10-13(12)11(2)18-17(19)14-5-4-6-20-14/h4-6,9-11H,3,7-8H2,1-2H3,(H,18,19)/t11-/m1/s1. The van der Waals surface area contributed by atoms with E-state index in [0.29, 0.717) is 19.0 Å². The van der Waals surface area contributed by atoms with Crippen LogP contribution in [0.25, 0.3) is 0 Å². The second-order valence-corrected chi connectivity index (χ2v) is 5.22. The van der Waals surface area contributed by atoms with Crippen LogP contribution in [0.3, 0.4) is 0 Å². The van der Waals surface area contributed by atoms with E-state index in [0.717, 1.165) is 29.0 Å². The summed E-state index contributed by atoms with van der Waals surface area (Å²) in [7, 11) is 0. The molecule has 3 rings (SSSR count). The van der Waals surface area contributed by atoms with Crippen LogP contribution in [0.1, 0.15) is 41.6 Å². The van der Waals surface area contributed by atoms with Gasteiger partial charge in [0.2, 0.25) is 0 Å². The van der Waals surface area contributed by atoms with Crippen LogP contribution in [0.2, 0.25) is 0 Å². The quantitative estimate of drug-likeness (QED) is 0.942. The summed E-state index contributed by atoms with van der Waals surface area (Å²) in [5.41, 5.74) is 2.17. The summed E-state index contributed by atoms with van der Waals surface area (Å²) < 4.78 is 16.4. The van der Waals surface area contributed by atoms with Gasteiger partial charge in [-0.05, 0) is 48.7 Å². The molecule has 0 aliphatic carbocycles. The first-order valence-corrected chi connectivity index (χ1v) is 7.45. The summed E-state index contributed by atoms with van der Waals surface area (Å²) in [6.45, 7) is 5.15. The molecule has 0 unspecified atom stereocenters. The van der Waals surface area contributed by atoms with Crippen molar-refractivity contribution >= 4 is 5.91 Å². The van der Waals surface area contributed by atoms with Crippen LogP contribution in [0.15, 0.2) is 34.9 Å². The summed E-state index contributed by atoms with van der Waals surface area (Å²) in [6, 6.07) is 7.15. The van der Waals surface area contributed by atoms with Crippen LogP contribution in [0.5, 0.6) is 11.5 Å². The number of hydrogen-bond donors (Lipinski definition) is 1. The zero-order chi connectivity index (χ0) is 15.5. The third kappa shape index (κ3) is 2.79. The highest BCUT2D eigenvalue weighted by atomic mass is 16.6. The maximum absolute atomic E-state index is 12.1. The number of ether oxygens (including phenoxy) is 2. The summed E-state index contributed by atoms with van der Waals surface area (Å²) in [6.07, 6.45) is 2.34.